The zero-order valence-corrected chi connectivity index (χ0v) is 22.7. The number of methoxy groups -OCH3 is 3. The summed E-state index contributed by atoms with van der Waals surface area (Å²) in [7, 11) is 4.46. The van der Waals surface area contributed by atoms with Crippen molar-refractivity contribution < 1.29 is 23.8 Å². The van der Waals surface area contributed by atoms with Gasteiger partial charge < -0.3 is 29.7 Å². The first kappa shape index (κ1) is 27.2. The van der Waals surface area contributed by atoms with Crippen LogP contribution in [0.25, 0.3) is 10.3 Å². The molecule has 1 aliphatic rings. The minimum Gasteiger partial charge on any atom is -0.493 e. The highest BCUT2D eigenvalue weighted by molar-refractivity contribution is 7.22. The van der Waals surface area contributed by atoms with Gasteiger partial charge in [-0.2, -0.15) is 4.98 Å². The Labute approximate surface area is 223 Å². The molecule has 13 heteroatoms. The minimum absolute atomic E-state index is 0.0521. The number of fused-ring (bicyclic) bond motifs is 1. The van der Waals surface area contributed by atoms with Gasteiger partial charge in [0.15, 0.2) is 22.3 Å². The molecule has 38 heavy (non-hydrogen) atoms. The third-order valence-corrected chi connectivity index (χ3v) is 7.34. The number of rotatable bonds is 10. The highest BCUT2D eigenvalue weighted by Crippen LogP contribution is 2.40. The molecule has 0 saturated carbocycles. The highest BCUT2D eigenvalue weighted by atomic mass is 32.1. The Hall–Kier alpha value is -3.87. The lowest BCUT2D eigenvalue weighted by Crippen LogP contribution is -2.43. The molecule has 1 unspecified atom stereocenters. The van der Waals surface area contributed by atoms with Gasteiger partial charge in [-0.15, -0.1) is 0 Å². The number of benzene rings is 1. The second-order valence-corrected chi connectivity index (χ2v) is 9.84. The lowest BCUT2D eigenvalue weighted by atomic mass is 9.97. The first-order valence-corrected chi connectivity index (χ1v) is 13.2. The number of thiazole rings is 1. The first-order chi connectivity index (χ1) is 18.4. The third-order valence-electron chi connectivity index (χ3n) is 6.25. The number of amides is 2. The Morgan fingerprint density at radius 2 is 1.89 bits per heavy atom. The van der Waals surface area contributed by atoms with Crippen LogP contribution in [0.2, 0.25) is 0 Å². The summed E-state index contributed by atoms with van der Waals surface area (Å²) in [4.78, 5) is 49.3. The molecule has 2 aromatic heterocycles. The van der Waals surface area contributed by atoms with Crippen molar-refractivity contribution in [2.45, 2.75) is 32.7 Å². The van der Waals surface area contributed by atoms with Gasteiger partial charge in [-0.1, -0.05) is 18.3 Å². The van der Waals surface area contributed by atoms with E-state index in [-0.39, 0.29) is 23.9 Å². The Bertz CT molecular complexity index is 1350. The van der Waals surface area contributed by atoms with E-state index < -0.39 is 5.91 Å². The fraction of sp³-hybridized carbons (Fsp3) is 0.480. The number of ether oxygens (including phenoxy) is 3. The standard InChI is InChI=1S/C25H32N6O6S/c1-5-8-26-23(33)15-7-6-9-30(12-15)25-29-22-21(38-25)24(34)31(14-27-22)13-19(32)28-16-10-17(35-2)20(37-4)18(11-16)36-3/h10-11,14-15H,5-9,12-13H2,1-4H3,(H,26,33)(H,28,32). The maximum Gasteiger partial charge on any atom is 0.273 e. The lowest BCUT2D eigenvalue weighted by Gasteiger charge is -2.31. The number of piperidine rings is 1. The SMILES string of the molecule is CCCNC(=O)C1CCCN(c2nc3ncn(CC(=O)Nc4cc(OC)c(OC)c(OC)c4)c(=O)c3s2)C1. The molecule has 0 bridgehead atoms. The summed E-state index contributed by atoms with van der Waals surface area (Å²) in [6, 6.07) is 3.21. The van der Waals surface area contributed by atoms with Crippen molar-refractivity contribution in [3.8, 4) is 17.2 Å². The average Bonchev–Trinajstić information content (AvgIpc) is 3.38. The van der Waals surface area contributed by atoms with Crippen molar-refractivity contribution in [3.63, 3.8) is 0 Å². The van der Waals surface area contributed by atoms with Crippen LogP contribution in [0.1, 0.15) is 26.2 Å². The van der Waals surface area contributed by atoms with Gasteiger partial charge in [-0.05, 0) is 19.3 Å². The van der Waals surface area contributed by atoms with Crippen LogP contribution in [-0.4, -0.2) is 67.3 Å². The fourth-order valence-corrected chi connectivity index (χ4v) is 5.35. The highest BCUT2D eigenvalue weighted by Gasteiger charge is 2.28. The Kier molecular flexibility index (Phi) is 8.66. The molecular weight excluding hydrogens is 512 g/mol. The average molecular weight is 545 g/mol. The van der Waals surface area contributed by atoms with E-state index in [0.29, 0.717) is 51.5 Å². The van der Waals surface area contributed by atoms with Crippen molar-refractivity contribution in [1.82, 2.24) is 19.9 Å². The van der Waals surface area contributed by atoms with E-state index in [1.165, 1.54) is 43.6 Å². The van der Waals surface area contributed by atoms with Crippen LogP contribution in [0, 0.1) is 5.92 Å². The topological polar surface area (TPSA) is 137 Å². The number of nitrogens with one attached hydrogen (secondary N) is 2. The van der Waals surface area contributed by atoms with Gasteiger partial charge >= 0.3 is 0 Å². The van der Waals surface area contributed by atoms with Crippen LogP contribution in [0.4, 0.5) is 10.8 Å². The monoisotopic (exact) mass is 544 g/mol. The van der Waals surface area contributed by atoms with E-state index in [0.717, 1.165) is 25.8 Å². The summed E-state index contributed by atoms with van der Waals surface area (Å²) in [5, 5.41) is 6.37. The summed E-state index contributed by atoms with van der Waals surface area (Å²) < 4.78 is 17.6. The summed E-state index contributed by atoms with van der Waals surface area (Å²) >= 11 is 1.23. The molecule has 1 atom stereocenters. The maximum atomic E-state index is 13.2. The number of aromatic nitrogens is 3. The molecule has 2 amide bonds. The van der Waals surface area contributed by atoms with Crippen LogP contribution in [0.3, 0.4) is 0 Å². The van der Waals surface area contributed by atoms with E-state index in [1.807, 2.05) is 11.8 Å². The zero-order chi connectivity index (χ0) is 27.2. The number of hydrogen-bond acceptors (Lipinski definition) is 10. The van der Waals surface area contributed by atoms with E-state index in [2.05, 4.69) is 20.6 Å². The smallest absolute Gasteiger partial charge is 0.273 e. The predicted molar refractivity (Wildman–Crippen MR) is 145 cm³/mol. The van der Waals surface area contributed by atoms with E-state index >= 15 is 0 Å². The number of anilines is 2. The Morgan fingerprint density at radius 1 is 1.16 bits per heavy atom. The number of carbonyl (C=O) groups is 2. The molecule has 3 aromatic rings. The maximum absolute atomic E-state index is 13.2. The normalized spacial score (nSPS) is 15.3. The van der Waals surface area contributed by atoms with Gasteiger partial charge in [0.25, 0.3) is 5.56 Å². The van der Waals surface area contributed by atoms with Crippen molar-refractivity contribution in [1.29, 1.82) is 0 Å². The van der Waals surface area contributed by atoms with Crippen molar-refractivity contribution >= 4 is 44.3 Å². The van der Waals surface area contributed by atoms with Gasteiger partial charge in [0.1, 0.15) is 17.6 Å². The number of carbonyl (C=O) groups excluding carboxylic acids is 2. The van der Waals surface area contributed by atoms with Gasteiger partial charge in [0.05, 0.1) is 27.2 Å². The molecule has 204 valence electrons. The van der Waals surface area contributed by atoms with Crippen LogP contribution in [-0.2, 0) is 16.1 Å². The Balaban J connectivity index is 1.49. The molecular formula is C25H32N6O6S. The fourth-order valence-electron chi connectivity index (χ4n) is 4.35. The summed E-state index contributed by atoms with van der Waals surface area (Å²) in [6.45, 7) is 3.73. The molecule has 3 heterocycles. The van der Waals surface area contributed by atoms with Crippen LogP contribution in [0.15, 0.2) is 23.3 Å². The van der Waals surface area contributed by atoms with Crippen LogP contribution >= 0.6 is 11.3 Å². The second kappa shape index (κ2) is 12.1. The number of nitrogens with zero attached hydrogens (tertiary/aromatic N) is 4. The quantitative estimate of drug-likeness (QED) is 0.394. The Morgan fingerprint density at radius 3 is 2.55 bits per heavy atom. The minimum atomic E-state index is -0.427. The predicted octanol–water partition coefficient (Wildman–Crippen LogP) is 2.26. The van der Waals surface area contributed by atoms with Gasteiger partial charge in [0.2, 0.25) is 17.6 Å². The molecule has 1 saturated heterocycles. The summed E-state index contributed by atoms with van der Waals surface area (Å²) in [6.07, 6.45) is 3.89. The molecule has 1 aromatic carbocycles. The summed E-state index contributed by atoms with van der Waals surface area (Å²) in [5.41, 5.74) is 0.399. The van der Waals surface area contributed by atoms with Gasteiger partial charge in [-0.3, -0.25) is 19.0 Å². The van der Waals surface area contributed by atoms with Gasteiger partial charge in [0, 0.05) is 37.5 Å². The molecule has 12 nitrogen and oxygen atoms in total. The van der Waals surface area contributed by atoms with Crippen molar-refractivity contribution in [3.05, 3.63) is 28.8 Å². The van der Waals surface area contributed by atoms with Gasteiger partial charge in [-0.25, -0.2) is 4.98 Å². The largest absolute Gasteiger partial charge is 0.493 e. The van der Waals surface area contributed by atoms with Crippen LogP contribution in [0.5, 0.6) is 17.2 Å². The molecule has 1 fully saturated rings. The molecule has 0 spiro atoms. The molecule has 0 radical (unpaired) electrons. The summed E-state index contributed by atoms with van der Waals surface area (Å²) in [5.74, 6) is 0.692. The number of hydrogen-bond donors (Lipinski definition) is 2. The van der Waals surface area contributed by atoms with E-state index in [9.17, 15) is 14.4 Å². The molecule has 4 rings (SSSR count). The molecule has 0 aliphatic carbocycles. The van der Waals surface area contributed by atoms with E-state index in [4.69, 9.17) is 14.2 Å². The van der Waals surface area contributed by atoms with Crippen molar-refractivity contribution in [2.24, 2.45) is 5.92 Å². The molecule has 1 aliphatic heterocycles. The lowest BCUT2D eigenvalue weighted by molar-refractivity contribution is -0.125. The van der Waals surface area contributed by atoms with E-state index in [1.54, 1.807) is 12.1 Å². The van der Waals surface area contributed by atoms with Crippen molar-refractivity contribution in [2.75, 3.05) is 51.2 Å². The van der Waals surface area contributed by atoms with Crippen LogP contribution < -0.4 is 35.3 Å². The first-order valence-electron chi connectivity index (χ1n) is 12.4. The third kappa shape index (κ3) is 5.82. The second-order valence-electron chi connectivity index (χ2n) is 8.87. The molecule has 2 N–H and O–H groups in total. The zero-order valence-electron chi connectivity index (χ0n) is 21.9.